The van der Waals surface area contributed by atoms with Crippen molar-refractivity contribution in [3.63, 3.8) is 0 Å². The van der Waals surface area contributed by atoms with E-state index in [1.54, 1.807) is 25.6 Å². The van der Waals surface area contributed by atoms with Gasteiger partial charge in [-0.25, -0.2) is 0 Å². The van der Waals surface area contributed by atoms with Gasteiger partial charge >= 0.3 is 17.4 Å². The van der Waals surface area contributed by atoms with Crippen LogP contribution < -0.4 is 0 Å². The van der Waals surface area contributed by atoms with Gasteiger partial charge in [-0.2, -0.15) is 0 Å². The quantitative estimate of drug-likeness (QED) is 0.579. The number of rotatable bonds is 10. The molecule has 0 aromatic rings. The Morgan fingerprint density at radius 1 is 0.800 bits per heavy atom. The summed E-state index contributed by atoms with van der Waals surface area (Å²) in [6, 6.07) is 0. The lowest BCUT2D eigenvalue weighted by Gasteiger charge is -2.24. The van der Waals surface area contributed by atoms with Crippen molar-refractivity contribution in [1.82, 2.24) is 0 Å². The smallest absolute Gasteiger partial charge is 0.395 e. The molecular formula is C13H30O5Si2. The van der Waals surface area contributed by atoms with Crippen LogP contribution >= 0.6 is 0 Å². The van der Waals surface area contributed by atoms with E-state index in [4.69, 9.17) is 22.1 Å². The van der Waals surface area contributed by atoms with Crippen LogP contribution in [-0.4, -0.2) is 51.4 Å². The zero-order valence-corrected chi connectivity index (χ0v) is 15.7. The fraction of sp³-hybridized carbons (Fsp3) is 0.692. The zero-order valence-electron chi connectivity index (χ0n) is 13.7. The molecule has 120 valence electrons. The maximum absolute atomic E-state index is 5.44. The Morgan fingerprint density at radius 3 is 1.25 bits per heavy atom. The summed E-state index contributed by atoms with van der Waals surface area (Å²) in [5, 5.41) is 0. The van der Waals surface area contributed by atoms with Crippen molar-refractivity contribution in [3.05, 3.63) is 24.6 Å². The molecule has 0 aromatic carbocycles. The summed E-state index contributed by atoms with van der Waals surface area (Å²) in [6.07, 6.45) is 0. The fourth-order valence-electron chi connectivity index (χ4n) is 1.16. The van der Waals surface area contributed by atoms with E-state index in [0.29, 0.717) is 19.8 Å². The van der Waals surface area contributed by atoms with Gasteiger partial charge < -0.3 is 22.1 Å². The molecule has 0 aliphatic rings. The van der Waals surface area contributed by atoms with Crippen LogP contribution in [0.3, 0.4) is 0 Å². The highest BCUT2D eigenvalue weighted by molar-refractivity contribution is 6.71. The summed E-state index contributed by atoms with van der Waals surface area (Å²) in [6.45, 7) is 16.7. The minimum atomic E-state index is -2.51. The first-order valence-corrected chi connectivity index (χ1v) is 10.9. The Bertz CT molecular complexity index is 240. The summed E-state index contributed by atoms with van der Waals surface area (Å²) >= 11 is 0. The molecule has 0 atom stereocenters. The van der Waals surface area contributed by atoms with Crippen molar-refractivity contribution in [2.75, 3.05) is 34.0 Å². The molecule has 0 saturated heterocycles. The van der Waals surface area contributed by atoms with E-state index < -0.39 is 17.4 Å². The largest absolute Gasteiger partial charge is 0.528 e. The van der Waals surface area contributed by atoms with Crippen molar-refractivity contribution in [3.8, 4) is 0 Å². The molecule has 0 bridgehead atoms. The van der Waals surface area contributed by atoms with Crippen LogP contribution in [0.25, 0.3) is 0 Å². The Kier molecular flexibility index (Phi) is 13.7. The van der Waals surface area contributed by atoms with Gasteiger partial charge in [-0.15, -0.1) is 6.58 Å². The SMILES string of the molecule is C=C[Si](C)(OC)OC.C=C[Si](OCC)(OCC)OCC. The van der Waals surface area contributed by atoms with Crippen molar-refractivity contribution in [2.24, 2.45) is 0 Å². The topological polar surface area (TPSA) is 46.2 Å². The minimum Gasteiger partial charge on any atom is -0.395 e. The summed E-state index contributed by atoms with van der Waals surface area (Å²) in [4.78, 5) is 0. The van der Waals surface area contributed by atoms with E-state index in [2.05, 4.69) is 13.2 Å². The van der Waals surface area contributed by atoms with Crippen LogP contribution in [0.1, 0.15) is 20.8 Å². The molecule has 5 nitrogen and oxygen atoms in total. The molecule has 0 radical (unpaired) electrons. The molecule has 0 rings (SSSR count). The monoisotopic (exact) mass is 322 g/mol. The Hall–Kier alpha value is -0.286. The summed E-state index contributed by atoms with van der Waals surface area (Å²) in [5.74, 6) is 0. The second-order valence-corrected chi connectivity index (χ2v) is 9.47. The molecule has 0 aromatic heterocycles. The third-order valence-corrected chi connectivity index (χ3v) is 7.40. The van der Waals surface area contributed by atoms with Gasteiger partial charge in [0.1, 0.15) is 0 Å². The lowest BCUT2D eigenvalue weighted by Crippen LogP contribution is -2.44. The van der Waals surface area contributed by atoms with Gasteiger partial charge in [-0.05, 0) is 38.7 Å². The predicted molar refractivity (Wildman–Crippen MR) is 86.7 cm³/mol. The lowest BCUT2D eigenvalue weighted by molar-refractivity contribution is 0.0844. The first-order valence-electron chi connectivity index (χ1n) is 6.72. The van der Waals surface area contributed by atoms with Gasteiger partial charge in [0, 0.05) is 34.0 Å². The third kappa shape index (κ3) is 8.80. The average Bonchev–Trinajstić information content (AvgIpc) is 2.48. The molecule has 0 aliphatic carbocycles. The van der Waals surface area contributed by atoms with Gasteiger partial charge in [0.05, 0.1) is 0 Å². The van der Waals surface area contributed by atoms with Gasteiger partial charge in [0.2, 0.25) is 0 Å². The highest BCUT2D eigenvalue weighted by Crippen LogP contribution is 2.10. The summed E-state index contributed by atoms with van der Waals surface area (Å²) < 4.78 is 26.4. The molecule has 0 N–H and O–H groups in total. The first-order chi connectivity index (χ1) is 9.42. The zero-order chi connectivity index (χ0) is 16.1. The average molecular weight is 323 g/mol. The van der Waals surface area contributed by atoms with E-state index in [1.165, 1.54) is 0 Å². The molecule has 0 fully saturated rings. The predicted octanol–water partition coefficient (Wildman–Crippen LogP) is 2.84. The second-order valence-electron chi connectivity index (χ2n) is 3.74. The van der Waals surface area contributed by atoms with Crippen LogP contribution in [-0.2, 0) is 22.1 Å². The summed E-state index contributed by atoms with van der Waals surface area (Å²) in [7, 11) is -1.14. The van der Waals surface area contributed by atoms with Gasteiger partial charge in [-0.1, -0.05) is 6.58 Å². The Balaban J connectivity index is 0. The maximum atomic E-state index is 5.44. The highest BCUT2D eigenvalue weighted by Gasteiger charge is 2.36. The van der Waals surface area contributed by atoms with Crippen LogP contribution in [0, 0.1) is 0 Å². The molecule has 0 unspecified atom stereocenters. The summed E-state index contributed by atoms with van der Waals surface area (Å²) in [5.41, 5.74) is 3.41. The molecule has 0 spiro atoms. The molecule has 0 aliphatic heterocycles. The van der Waals surface area contributed by atoms with Crippen LogP contribution in [0.2, 0.25) is 6.55 Å². The Labute approximate surface area is 126 Å². The highest BCUT2D eigenvalue weighted by atomic mass is 28.4. The molecule has 20 heavy (non-hydrogen) atoms. The third-order valence-electron chi connectivity index (χ3n) is 2.47. The molecule has 7 heteroatoms. The van der Waals surface area contributed by atoms with Crippen molar-refractivity contribution in [1.29, 1.82) is 0 Å². The van der Waals surface area contributed by atoms with E-state index in [0.717, 1.165) is 0 Å². The van der Waals surface area contributed by atoms with Gasteiger partial charge in [0.15, 0.2) is 0 Å². The Morgan fingerprint density at radius 2 is 1.15 bits per heavy atom. The maximum Gasteiger partial charge on any atom is 0.528 e. The minimum absolute atomic E-state index is 0.595. The van der Waals surface area contributed by atoms with Crippen LogP contribution in [0.5, 0.6) is 0 Å². The first kappa shape index (κ1) is 22.0. The van der Waals surface area contributed by atoms with E-state index in [-0.39, 0.29) is 0 Å². The van der Waals surface area contributed by atoms with Gasteiger partial charge in [-0.3, -0.25) is 0 Å². The molecular weight excluding hydrogens is 292 g/mol. The van der Waals surface area contributed by atoms with Crippen LogP contribution in [0.4, 0.5) is 0 Å². The van der Waals surface area contributed by atoms with Crippen molar-refractivity contribution < 1.29 is 22.1 Å². The molecule has 0 heterocycles. The second kappa shape index (κ2) is 12.5. The molecule has 0 saturated carbocycles. The number of hydrogen-bond donors (Lipinski definition) is 0. The molecule has 0 amide bonds. The lowest BCUT2D eigenvalue weighted by atomic mass is 10.9. The van der Waals surface area contributed by atoms with Crippen LogP contribution in [0.15, 0.2) is 24.6 Å². The van der Waals surface area contributed by atoms with E-state index in [1.807, 2.05) is 27.3 Å². The van der Waals surface area contributed by atoms with Crippen molar-refractivity contribution >= 4 is 17.4 Å². The normalized spacial score (nSPS) is 11.5. The van der Waals surface area contributed by atoms with E-state index in [9.17, 15) is 0 Å². The standard InChI is InChI=1S/C8H18O3Si.C5H12O2Si/c1-5-9-12(8-4,10-6-2)11-7-3;1-5-8(4,6-2)7-3/h8H,4-7H2,1-3H3;5H,1H2,2-4H3. The van der Waals surface area contributed by atoms with Gasteiger partial charge in [0.25, 0.3) is 0 Å². The fourth-order valence-corrected chi connectivity index (χ4v) is 3.47. The number of hydrogen-bond acceptors (Lipinski definition) is 5. The van der Waals surface area contributed by atoms with Crippen molar-refractivity contribution in [2.45, 2.75) is 27.3 Å². The van der Waals surface area contributed by atoms with E-state index >= 15 is 0 Å².